The fourth-order valence-corrected chi connectivity index (χ4v) is 5.38. The first kappa shape index (κ1) is 22.6. The lowest BCUT2D eigenvalue weighted by atomic mass is 9.82. The number of carbonyl (C=O) groups excluding carboxylic acids is 1. The third kappa shape index (κ3) is 5.03. The van der Waals surface area contributed by atoms with E-state index in [1.165, 1.54) is 16.7 Å². The Labute approximate surface area is 172 Å². The van der Waals surface area contributed by atoms with Gasteiger partial charge in [-0.2, -0.15) is 0 Å². The predicted molar refractivity (Wildman–Crippen MR) is 123 cm³/mol. The highest BCUT2D eigenvalue weighted by Gasteiger charge is 2.32. The zero-order valence-corrected chi connectivity index (χ0v) is 19.5. The van der Waals surface area contributed by atoms with Crippen LogP contribution in [0.2, 0.25) is 0 Å². The lowest BCUT2D eigenvalue weighted by Crippen LogP contribution is -2.23. The zero-order chi connectivity index (χ0) is 20.9. The van der Waals surface area contributed by atoms with Crippen molar-refractivity contribution < 1.29 is 9.53 Å². The topological polar surface area (TPSA) is 26.3 Å². The maximum Gasteiger partial charge on any atom is 0.150 e. The number of aryl methyl sites for hydroxylation is 1. The molecule has 0 saturated heterocycles. The first-order valence-electron chi connectivity index (χ1n) is 10.2. The van der Waals surface area contributed by atoms with Crippen molar-refractivity contribution in [2.24, 2.45) is 0 Å². The van der Waals surface area contributed by atoms with Gasteiger partial charge in [0.15, 0.2) is 6.29 Å². The van der Waals surface area contributed by atoms with E-state index < -0.39 is 0 Å². The molecule has 0 aromatic heterocycles. The number of hydrogen-bond acceptors (Lipinski definition) is 2. The summed E-state index contributed by atoms with van der Waals surface area (Å²) in [5, 5.41) is 1.06. The average Bonchev–Trinajstić information content (AvgIpc) is 2.65. The van der Waals surface area contributed by atoms with Crippen molar-refractivity contribution >= 4 is 20.2 Å². The monoisotopic (exact) mass is 398 g/mol. The second kappa shape index (κ2) is 9.23. The maximum absolute atomic E-state index is 11.6. The first-order chi connectivity index (χ1) is 13.2. The SMILES string of the molecule is CCCCC(C)(Pc1ccccc1C=O)c1cc(C(C)(C)C)cc(C)c1OC. The van der Waals surface area contributed by atoms with Gasteiger partial charge in [0, 0.05) is 16.3 Å². The molecule has 2 rings (SSSR count). The summed E-state index contributed by atoms with van der Waals surface area (Å²) >= 11 is 0. The Hall–Kier alpha value is -1.66. The van der Waals surface area contributed by atoms with Gasteiger partial charge >= 0.3 is 0 Å². The van der Waals surface area contributed by atoms with Crippen LogP contribution in [0.5, 0.6) is 5.75 Å². The predicted octanol–water partition coefficient (Wildman–Crippen LogP) is 6.52. The van der Waals surface area contributed by atoms with Crippen molar-refractivity contribution in [2.45, 2.75) is 71.4 Å². The van der Waals surface area contributed by atoms with E-state index in [1.54, 1.807) is 7.11 Å². The van der Waals surface area contributed by atoms with Gasteiger partial charge in [-0.15, -0.1) is 0 Å². The molecule has 0 heterocycles. The molecule has 0 N–H and O–H groups in total. The van der Waals surface area contributed by atoms with Crippen molar-refractivity contribution in [3.63, 3.8) is 0 Å². The molecule has 2 aromatic rings. The molecule has 0 amide bonds. The number of aldehydes is 1. The van der Waals surface area contributed by atoms with Crippen molar-refractivity contribution in [1.82, 2.24) is 0 Å². The second-order valence-corrected chi connectivity index (χ2v) is 10.8. The van der Waals surface area contributed by atoms with Crippen molar-refractivity contribution in [3.8, 4) is 5.75 Å². The van der Waals surface area contributed by atoms with E-state index in [0.717, 1.165) is 42.2 Å². The summed E-state index contributed by atoms with van der Waals surface area (Å²) in [6.45, 7) is 13.5. The van der Waals surface area contributed by atoms with Crippen LogP contribution >= 0.6 is 8.58 Å². The number of ether oxygens (including phenoxy) is 1. The van der Waals surface area contributed by atoms with Crippen LogP contribution in [0.3, 0.4) is 0 Å². The number of methoxy groups -OCH3 is 1. The van der Waals surface area contributed by atoms with Gasteiger partial charge in [-0.1, -0.05) is 92.4 Å². The van der Waals surface area contributed by atoms with Crippen LogP contribution in [0.25, 0.3) is 0 Å². The molecule has 3 heteroatoms. The second-order valence-electron chi connectivity index (χ2n) is 8.89. The molecule has 0 aliphatic heterocycles. The van der Waals surface area contributed by atoms with Crippen molar-refractivity contribution in [2.75, 3.05) is 7.11 Å². The largest absolute Gasteiger partial charge is 0.496 e. The highest BCUT2D eigenvalue weighted by Crippen LogP contribution is 2.50. The minimum absolute atomic E-state index is 0.0707. The Morgan fingerprint density at radius 3 is 2.36 bits per heavy atom. The van der Waals surface area contributed by atoms with Crippen LogP contribution in [0.1, 0.15) is 80.9 Å². The van der Waals surface area contributed by atoms with Crippen LogP contribution in [0.4, 0.5) is 0 Å². The van der Waals surface area contributed by atoms with Gasteiger partial charge in [0.1, 0.15) is 5.75 Å². The molecule has 0 radical (unpaired) electrons. The fourth-order valence-electron chi connectivity index (χ4n) is 3.69. The van der Waals surface area contributed by atoms with Gasteiger partial charge < -0.3 is 4.74 Å². The third-order valence-corrected chi connectivity index (χ3v) is 7.26. The summed E-state index contributed by atoms with van der Waals surface area (Å²) in [7, 11) is 2.27. The standard InChI is InChI=1S/C25H35O2P/c1-8-9-14-25(6,28-22-13-11-10-12-19(22)17-26)21-16-20(24(3,4)5)15-18(2)23(21)27-7/h10-13,15-17,28H,8-9,14H2,1-7H3. The molecule has 2 nitrogen and oxygen atoms in total. The van der Waals surface area contributed by atoms with Gasteiger partial charge in [-0.05, 0) is 35.2 Å². The molecular weight excluding hydrogens is 363 g/mol. The molecule has 2 atom stereocenters. The minimum atomic E-state index is -0.0769. The van der Waals surface area contributed by atoms with E-state index in [4.69, 9.17) is 4.74 Å². The fraction of sp³-hybridized carbons (Fsp3) is 0.480. The molecule has 2 unspecified atom stereocenters. The summed E-state index contributed by atoms with van der Waals surface area (Å²) in [5.41, 5.74) is 4.65. The van der Waals surface area contributed by atoms with Crippen LogP contribution in [0, 0.1) is 6.92 Å². The number of benzene rings is 2. The Balaban J connectivity index is 2.67. The molecular formula is C25H35O2P. The smallest absolute Gasteiger partial charge is 0.150 e. The van der Waals surface area contributed by atoms with Crippen LogP contribution < -0.4 is 10.0 Å². The summed E-state index contributed by atoms with van der Waals surface area (Å²) in [6.07, 6.45) is 4.35. The van der Waals surface area contributed by atoms with Crippen LogP contribution in [0.15, 0.2) is 36.4 Å². The first-order valence-corrected chi connectivity index (χ1v) is 11.2. The molecule has 0 aliphatic rings. The summed E-state index contributed by atoms with van der Waals surface area (Å²) in [5.74, 6) is 0.989. The average molecular weight is 399 g/mol. The molecule has 2 aromatic carbocycles. The zero-order valence-electron chi connectivity index (χ0n) is 18.5. The Kier molecular flexibility index (Phi) is 7.46. The Morgan fingerprint density at radius 2 is 1.79 bits per heavy atom. The van der Waals surface area contributed by atoms with E-state index in [2.05, 4.69) is 59.7 Å². The Morgan fingerprint density at radius 1 is 1.11 bits per heavy atom. The van der Waals surface area contributed by atoms with Crippen molar-refractivity contribution in [3.05, 3.63) is 58.7 Å². The van der Waals surface area contributed by atoms with Gasteiger partial charge in [0.25, 0.3) is 0 Å². The lowest BCUT2D eigenvalue weighted by molar-refractivity contribution is 0.112. The quantitative estimate of drug-likeness (QED) is 0.374. The molecule has 0 aliphatic carbocycles. The molecule has 0 fully saturated rings. The van der Waals surface area contributed by atoms with E-state index in [1.807, 2.05) is 18.2 Å². The van der Waals surface area contributed by atoms with Gasteiger partial charge in [0.05, 0.1) is 7.11 Å². The van der Waals surface area contributed by atoms with Gasteiger partial charge in [0.2, 0.25) is 0 Å². The van der Waals surface area contributed by atoms with Gasteiger partial charge in [-0.25, -0.2) is 0 Å². The van der Waals surface area contributed by atoms with Crippen LogP contribution in [-0.2, 0) is 10.6 Å². The van der Waals surface area contributed by atoms with E-state index in [9.17, 15) is 4.79 Å². The summed E-state index contributed by atoms with van der Waals surface area (Å²) < 4.78 is 5.90. The molecule has 0 spiro atoms. The van der Waals surface area contributed by atoms with Crippen LogP contribution in [-0.4, -0.2) is 13.4 Å². The van der Waals surface area contributed by atoms with E-state index >= 15 is 0 Å². The van der Waals surface area contributed by atoms with E-state index in [0.29, 0.717) is 8.58 Å². The highest BCUT2D eigenvalue weighted by atomic mass is 31.1. The number of unbranched alkanes of at least 4 members (excludes halogenated alkanes) is 1. The summed E-state index contributed by atoms with van der Waals surface area (Å²) in [4.78, 5) is 11.6. The minimum Gasteiger partial charge on any atom is -0.496 e. The molecule has 0 saturated carbocycles. The number of hydrogen-bond donors (Lipinski definition) is 0. The Bertz CT molecular complexity index is 820. The normalized spacial score (nSPS) is 14.2. The number of carbonyl (C=O) groups is 1. The summed E-state index contributed by atoms with van der Waals surface area (Å²) in [6, 6.07) is 12.6. The highest BCUT2D eigenvalue weighted by molar-refractivity contribution is 7.48. The maximum atomic E-state index is 11.6. The molecule has 28 heavy (non-hydrogen) atoms. The molecule has 0 bridgehead atoms. The lowest BCUT2D eigenvalue weighted by Gasteiger charge is -2.34. The number of rotatable bonds is 8. The van der Waals surface area contributed by atoms with Gasteiger partial charge in [-0.3, -0.25) is 4.79 Å². The molecule has 152 valence electrons. The third-order valence-electron chi connectivity index (χ3n) is 5.47. The van der Waals surface area contributed by atoms with E-state index in [-0.39, 0.29) is 10.6 Å². The van der Waals surface area contributed by atoms with Crippen molar-refractivity contribution in [1.29, 1.82) is 0 Å².